The van der Waals surface area contributed by atoms with Gasteiger partial charge in [0, 0.05) is 30.7 Å². The van der Waals surface area contributed by atoms with Crippen LogP contribution in [0.1, 0.15) is 16.1 Å². The number of aromatic amines is 1. The van der Waals surface area contributed by atoms with Gasteiger partial charge in [0.15, 0.2) is 6.61 Å². The van der Waals surface area contributed by atoms with Crippen LogP contribution in [-0.4, -0.2) is 59.5 Å². The van der Waals surface area contributed by atoms with Gasteiger partial charge in [0.05, 0.1) is 24.9 Å². The largest absolute Gasteiger partial charge is 0.497 e. The van der Waals surface area contributed by atoms with E-state index in [2.05, 4.69) is 10.3 Å². The van der Waals surface area contributed by atoms with Crippen molar-refractivity contribution in [3.8, 4) is 11.4 Å². The Morgan fingerprint density at radius 1 is 1.12 bits per heavy atom. The van der Waals surface area contributed by atoms with Crippen molar-refractivity contribution in [2.24, 2.45) is 0 Å². The van der Waals surface area contributed by atoms with E-state index in [-0.39, 0.29) is 17.8 Å². The van der Waals surface area contributed by atoms with Crippen LogP contribution in [0, 0.1) is 6.92 Å². The molecule has 3 aromatic rings. The van der Waals surface area contributed by atoms with Gasteiger partial charge < -0.3 is 24.7 Å². The molecule has 0 aliphatic rings. The maximum atomic E-state index is 12.3. The Hall–Kier alpha value is -4.34. The number of likely N-dealkylation sites (N-methyl/N-ethyl adjacent to an activating group) is 1. The number of nitrogens with zero attached hydrogens (tertiary/aromatic N) is 2. The predicted molar refractivity (Wildman–Crippen MR) is 121 cm³/mol. The molecule has 0 saturated heterocycles. The number of anilines is 1. The Kier molecular flexibility index (Phi) is 7.29. The van der Waals surface area contributed by atoms with Crippen LogP contribution in [0.4, 0.5) is 5.69 Å². The molecule has 3 rings (SSSR count). The van der Waals surface area contributed by atoms with Crippen molar-refractivity contribution in [1.29, 1.82) is 0 Å². The Morgan fingerprint density at radius 2 is 1.85 bits per heavy atom. The van der Waals surface area contributed by atoms with Crippen molar-refractivity contribution >= 4 is 23.5 Å². The molecular formula is C23H24N4O6. The number of hydrogen-bond acceptors (Lipinski definition) is 6. The van der Waals surface area contributed by atoms with Gasteiger partial charge in [-0.3, -0.25) is 14.2 Å². The number of carbonyl (C=O) groups is 3. The first kappa shape index (κ1) is 23.3. The van der Waals surface area contributed by atoms with Crippen molar-refractivity contribution in [2.75, 3.05) is 32.6 Å². The summed E-state index contributed by atoms with van der Waals surface area (Å²) in [5, 5.41) is 2.67. The van der Waals surface area contributed by atoms with Crippen molar-refractivity contribution in [3.05, 3.63) is 76.5 Å². The van der Waals surface area contributed by atoms with E-state index in [1.807, 2.05) is 0 Å². The number of ether oxygens (including phenoxy) is 2. The first-order chi connectivity index (χ1) is 15.8. The average Bonchev–Trinajstić information content (AvgIpc) is 3.15. The predicted octanol–water partition coefficient (Wildman–Crippen LogP) is 1.74. The third kappa shape index (κ3) is 5.88. The van der Waals surface area contributed by atoms with E-state index in [4.69, 9.17) is 9.47 Å². The zero-order valence-corrected chi connectivity index (χ0v) is 18.5. The van der Waals surface area contributed by atoms with Gasteiger partial charge >= 0.3 is 11.7 Å². The van der Waals surface area contributed by atoms with Gasteiger partial charge in [-0.2, -0.15) is 0 Å². The Balaban J connectivity index is 1.50. The second kappa shape index (κ2) is 10.3. The maximum absolute atomic E-state index is 12.3. The van der Waals surface area contributed by atoms with Crippen molar-refractivity contribution < 1.29 is 23.9 Å². The highest BCUT2D eigenvalue weighted by Gasteiger charge is 2.16. The molecule has 2 N–H and O–H groups in total. The summed E-state index contributed by atoms with van der Waals surface area (Å²) >= 11 is 0. The number of esters is 1. The molecule has 0 saturated carbocycles. The molecule has 10 nitrogen and oxygen atoms in total. The average molecular weight is 452 g/mol. The van der Waals surface area contributed by atoms with Crippen LogP contribution in [0.15, 0.2) is 59.5 Å². The van der Waals surface area contributed by atoms with E-state index < -0.39 is 24.4 Å². The van der Waals surface area contributed by atoms with E-state index in [0.29, 0.717) is 17.1 Å². The van der Waals surface area contributed by atoms with Crippen LogP contribution in [0.3, 0.4) is 0 Å². The van der Waals surface area contributed by atoms with E-state index in [0.717, 1.165) is 10.6 Å². The number of aromatic nitrogens is 2. The fourth-order valence-corrected chi connectivity index (χ4v) is 3.05. The minimum Gasteiger partial charge on any atom is -0.497 e. The maximum Gasteiger partial charge on any atom is 0.338 e. The van der Waals surface area contributed by atoms with Gasteiger partial charge in [0.2, 0.25) is 5.91 Å². The second-order valence-corrected chi connectivity index (χ2v) is 7.22. The molecule has 0 spiro atoms. The minimum atomic E-state index is -0.692. The molecule has 1 heterocycles. The molecule has 0 fully saturated rings. The summed E-state index contributed by atoms with van der Waals surface area (Å²) in [4.78, 5) is 52.3. The van der Waals surface area contributed by atoms with Gasteiger partial charge in [-0.15, -0.1) is 0 Å². The summed E-state index contributed by atoms with van der Waals surface area (Å²) in [6, 6.07) is 13.1. The normalized spacial score (nSPS) is 10.4. The Bertz CT molecular complexity index is 1210. The monoisotopic (exact) mass is 452 g/mol. The Morgan fingerprint density at radius 3 is 2.48 bits per heavy atom. The number of methoxy groups -OCH3 is 1. The number of H-pyrrole nitrogens is 1. The second-order valence-electron chi connectivity index (χ2n) is 7.22. The zero-order chi connectivity index (χ0) is 24.0. The number of aryl methyl sites for hydroxylation is 1. The smallest absolute Gasteiger partial charge is 0.338 e. The molecule has 172 valence electrons. The molecule has 1 aromatic heterocycles. The van der Waals surface area contributed by atoms with E-state index in [9.17, 15) is 19.2 Å². The van der Waals surface area contributed by atoms with Gasteiger partial charge in [0.25, 0.3) is 5.91 Å². The highest BCUT2D eigenvalue weighted by atomic mass is 16.5. The summed E-state index contributed by atoms with van der Waals surface area (Å²) < 4.78 is 11.6. The molecule has 0 atom stereocenters. The molecule has 0 aliphatic heterocycles. The summed E-state index contributed by atoms with van der Waals surface area (Å²) in [6.45, 7) is 1.05. The molecule has 0 bridgehead atoms. The highest BCUT2D eigenvalue weighted by Crippen LogP contribution is 2.16. The SMILES string of the molecule is COc1cccc(NC(=O)CN(C)C(=O)COC(=O)c2ccc(-n3c(C)c[nH]c3=O)cc2)c1. The number of imidazole rings is 1. The molecule has 0 unspecified atom stereocenters. The minimum absolute atomic E-state index is 0.215. The molecule has 10 heteroatoms. The summed E-state index contributed by atoms with van der Waals surface area (Å²) in [5.41, 5.74) is 1.79. The molecule has 0 radical (unpaired) electrons. The topological polar surface area (TPSA) is 123 Å². The van der Waals surface area contributed by atoms with Crippen molar-refractivity contribution in [3.63, 3.8) is 0 Å². The third-order valence-electron chi connectivity index (χ3n) is 4.81. The number of hydrogen-bond donors (Lipinski definition) is 2. The number of benzene rings is 2. The highest BCUT2D eigenvalue weighted by molar-refractivity contribution is 5.95. The third-order valence-corrected chi connectivity index (χ3v) is 4.81. The lowest BCUT2D eigenvalue weighted by Gasteiger charge is -2.17. The van der Waals surface area contributed by atoms with Crippen molar-refractivity contribution in [2.45, 2.75) is 6.92 Å². The Labute approximate surface area is 189 Å². The fourth-order valence-electron chi connectivity index (χ4n) is 3.05. The number of rotatable bonds is 8. The van der Waals surface area contributed by atoms with Crippen LogP contribution in [0.5, 0.6) is 5.75 Å². The number of nitrogens with one attached hydrogen (secondary N) is 2. The first-order valence-electron chi connectivity index (χ1n) is 10.0. The van der Waals surface area contributed by atoms with E-state index in [1.165, 1.54) is 30.9 Å². The standard InChI is InChI=1S/C23H24N4O6/c1-15-12-24-23(31)27(15)18-9-7-16(8-10-18)22(30)33-14-21(29)26(2)13-20(28)25-17-5-4-6-19(11-17)32-3/h4-12H,13-14H2,1-3H3,(H,24,31)(H,25,28). The van der Waals surface area contributed by atoms with Crippen LogP contribution < -0.4 is 15.7 Å². The van der Waals surface area contributed by atoms with Crippen LogP contribution in [0.25, 0.3) is 5.69 Å². The van der Waals surface area contributed by atoms with Gasteiger partial charge in [-0.05, 0) is 43.3 Å². The fraction of sp³-hybridized carbons (Fsp3) is 0.217. The number of carbonyl (C=O) groups excluding carboxylic acids is 3. The van der Waals surface area contributed by atoms with Crippen LogP contribution >= 0.6 is 0 Å². The summed E-state index contributed by atoms with van der Waals surface area (Å²) in [6.07, 6.45) is 1.59. The molecule has 2 aromatic carbocycles. The lowest BCUT2D eigenvalue weighted by Crippen LogP contribution is -2.37. The number of amides is 2. The lowest BCUT2D eigenvalue weighted by molar-refractivity contribution is -0.136. The zero-order valence-electron chi connectivity index (χ0n) is 18.5. The van der Waals surface area contributed by atoms with Crippen molar-refractivity contribution in [1.82, 2.24) is 14.5 Å². The van der Waals surface area contributed by atoms with Gasteiger partial charge in [0.1, 0.15) is 5.75 Å². The van der Waals surface area contributed by atoms with Gasteiger partial charge in [-0.25, -0.2) is 9.59 Å². The lowest BCUT2D eigenvalue weighted by atomic mass is 10.2. The molecule has 0 aliphatic carbocycles. The van der Waals surface area contributed by atoms with Crippen LogP contribution in [-0.2, 0) is 14.3 Å². The van der Waals surface area contributed by atoms with E-state index in [1.54, 1.807) is 49.5 Å². The summed E-state index contributed by atoms with van der Waals surface area (Å²) in [5.74, 6) is -1.04. The summed E-state index contributed by atoms with van der Waals surface area (Å²) in [7, 11) is 2.96. The molecule has 33 heavy (non-hydrogen) atoms. The quantitative estimate of drug-likeness (QED) is 0.502. The van der Waals surface area contributed by atoms with Gasteiger partial charge in [-0.1, -0.05) is 6.07 Å². The first-order valence-corrected chi connectivity index (χ1v) is 10.0. The molecular weight excluding hydrogens is 428 g/mol. The van der Waals surface area contributed by atoms with Crippen LogP contribution in [0.2, 0.25) is 0 Å². The molecule has 2 amide bonds. The van der Waals surface area contributed by atoms with E-state index >= 15 is 0 Å².